The maximum Gasteiger partial charge on any atom is 0.251 e. The standard InChI is InChI=1S/C36H46N2O3/c1-35(2,3)28-23-27(24-29(32(28)41-7)36(4,5)6)33(39)37-31(34(40)38-21-15-10-16-22-38)30(25-17-11-8-12-18-25)26-19-13-9-14-20-26/h8-9,11-14,17-20,23-24,30-31H,10,15-16,21-22H2,1-7H3,(H,37,39). The lowest BCUT2D eigenvalue weighted by atomic mass is 9.78. The van der Waals surface area contributed by atoms with Gasteiger partial charge in [-0.3, -0.25) is 9.59 Å². The smallest absolute Gasteiger partial charge is 0.251 e. The Balaban J connectivity index is 1.84. The molecule has 1 saturated heterocycles. The minimum Gasteiger partial charge on any atom is -0.496 e. The van der Waals surface area contributed by atoms with Crippen LogP contribution in [0, 0.1) is 0 Å². The molecule has 1 atom stereocenters. The van der Waals surface area contributed by atoms with Gasteiger partial charge >= 0.3 is 0 Å². The van der Waals surface area contributed by atoms with Crippen molar-refractivity contribution in [1.82, 2.24) is 10.2 Å². The van der Waals surface area contributed by atoms with E-state index in [2.05, 4.69) is 46.9 Å². The number of hydrogen-bond acceptors (Lipinski definition) is 3. The van der Waals surface area contributed by atoms with Gasteiger partial charge in [0.15, 0.2) is 0 Å². The monoisotopic (exact) mass is 554 g/mol. The summed E-state index contributed by atoms with van der Waals surface area (Å²) in [4.78, 5) is 30.5. The number of likely N-dealkylation sites (tertiary alicyclic amines) is 1. The minimum atomic E-state index is -0.760. The molecule has 1 heterocycles. The first-order valence-electron chi connectivity index (χ1n) is 14.8. The number of nitrogens with one attached hydrogen (secondary N) is 1. The molecule has 5 heteroatoms. The van der Waals surface area contributed by atoms with E-state index in [4.69, 9.17) is 4.74 Å². The molecule has 1 aliphatic heterocycles. The van der Waals surface area contributed by atoms with Crippen molar-refractivity contribution in [1.29, 1.82) is 0 Å². The summed E-state index contributed by atoms with van der Waals surface area (Å²) in [6, 6.07) is 23.2. The Labute approximate surface area is 246 Å². The number of amides is 2. The molecule has 2 amide bonds. The van der Waals surface area contributed by atoms with Gasteiger partial charge in [-0.25, -0.2) is 0 Å². The van der Waals surface area contributed by atoms with Gasteiger partial charge in [0, 0.05) is 35.7 Å². The van der Waals surface area contributed by atoms with E-state index in [0.717, 1.165) is 47.3 Å². The maximum absolute atomic E-state index is 14.3. The summed E-state index contributed by atoms with van der Waals surface area (Å²) >= 11 is 0. The van der Waals surface area contributed by atoms with Gasteiger partial charge < -0.3 is 15.0 Å². The second-order valence-corrected chi connectivity index (χ2v) is 13.2. The van der Waals surface area contributed by atoms with Crippen LogP contribution >= 0.6 is 0 Å². The Morgan fingerprint density at radius 3 is 1.63 bits per heavy atom. The van der Waals surface area contributed by atoms with Gasteiger partial charge in [0.2, 0.25) is 5.91 Å². The molecule has 1 aliphatic rings. The molecule has 3 aromatic rings. The third-order valence-electron chi connectivity index (χ3n) is 8.04. The number of carbonyl (C=O) groups excluding carboxylic acids is 2. The highest BCUT2D eigenvalue weighted by molar-refractivity contribution is 5.99. The van der Waals surface area contributed by atoms with Crippen molar-refractivity contribution in [2.24, 2.45) is 0 Å². The summed E-state index contributed by atoms with van der Waals surface area (Å²) in [6.45, 7) is 14.2. The number of carbonyl (C=O) groups is 2. The normalized spacial score (nSPS) is 15.0. The number of rotatable bonds is 7. The highest BCUT2D eigenvalue weighted by Gasteiger charge is 2.37. The lowest BCUT2D eigenvalue weighted by Gasteiger charge is -2.35. The van der Waals surface area contributed by atoms with Crippen LogP contribution in [0.4, 0.5) is 0 Å². The Morgan fingerprint density at radius 1 is 0.756 bits per heavy atom. The highest BCUT2D eigenvalue weighted by Crippen LogP contribution is 2.41. The largest absolute Gasteiger partial charge is 0.496 e. The van der Waals surface area contributed by atoms with Crippen LogP contribution in [0.2, 0.25) is 0 Å². The molecular formula is C36H46N2O3. The summed E-state index contributed by atoms with van der Waals surface area (Å²) in [5, 5.41) is 3.25. The zero-order valence-electron chi connectivity index (χ0n) is 25.8. The fourth-order valence-corrected chi connectivity index (χ4v) is 5.82. The zero-order valence-corrected chi connectivity index (χ0v) is 25.8. The molecule has 3 aromatic carbocycles. The van der Waals surface area contributed by atoms with Gasteiger partial charge in [0.05, 0.1) is 7.11 Å². The SMILES string of the molecule is COc1c(C(C)(C)C)cc(C(=O)NC(C(=O)N2CCCCC2)C(c2ccccc2)c2ccccc2)cc1C(C)(C)C. The fraction of sp³-hybridized carbons (Fsp3) is 0.444. The molecule has 0 aliphatic carbocycles. The third-order valence-corrected chi connectivity index (χ3v) is 8.04. The van der Waals surface area contributed by atoms with Crippen molar-refractivity contribution in [2.45, 2.75) is 83.6 Å². The van der Waals surface area contributed by atoms with Crippen LogP contribution in [0.1, 0.15) is 99.3 Å². The average molecular weight is 555 g/mol. The van der Waals surface area contributed by atoms with Crippen molar-refractivity contribution in [3.8, 4) is 5.75 Å². The molecule has 41 heavy (non-hydrogen) atoms. The summed E-state index contributed by atoms with van der Waals surface area (Å²) in [6.07, 6.45) is 3.09. The minimum absolute atomic E-state index is 0.0312. The second-order valence-electron chi connectivity index (χ2n) is 13.2. The first-order chi connectivity index (χ1) is 19.4. The van der Waals surface area contributed by atoms with Crippen LogP contribution < -0.4 is 10.1 Å². The summed E-state index contributed by atoms with van der Waals surface area (Å²) in [5.41, 5.74) is 3.97. The summed E-state index contributed by atoms with van der Waals surface area (Å²) in [7, 11) is 1.69. The fourth-order valence-electron chi connectivity index (χ4n) is 5.82. The molecule has 0 aromatic heterocycles. The van der Waals surface area contributed by atoms with Gasteiger partial charge in [0.25, 0.3) is 5.91 Å². The van der Waals surface area contributed by atoms with E-state index < -0.39 is 6.04 Å². The zero-order chi connectivity index (χ0) is 29.8. The molecule has 5 nitrogen and oxygen atoms in total. The number of methoxy groups -OCH3 is 1. The topological polar surface area (TPSA) is 58.6 Å². The predicted molar refractivity (Wildman–Crippen MR) is 167 cm³/mol. The maximum atomic E-state index is 14.3. The number of hydrogen-bond donors (Lipinski definition) is 1. The van der Waals surface area contributed by atoms with Gasteiger partial charge in [0.1, 0.15) is 11.8 Å². The van der Waals surface area contributed by atoms with E-state index in [-0.39, 0.29) is 28.6 Å². The molecule has 0 spiro atoms. The number of ether oxygens (including phenoxy) is 1. The van der Waals surface area contributed by atoms with E-state index in [1.807, 2.05) is 77.7 Å². The number of piperidine rings is 1. The van der Waals surface area contributed by atoms with Crippen LogP contribution in [-0.4, -0.2) is 43.0 Å². The molecule has 0 radical (unpaired) electrons. The predicted octanol–water partition coefficient (Wildman–Crippen LogP) is 7.23. The van der Waals surface area contributed by atoms with Crippen molar-refractivity contribution >= 4 is 11.8 Å². The van der Waals surface area contributed by atoms with E-state index in [9.17, 15) is 9.59 Å². The molecule has 1 unspecified atom stereocenters. The van der Waals surface area contributed by atoms with Crippen LogP contribution in [0.3, 0.4) is 0 Å². The van der Waals surface area contributed by atoms with Gasteiger partial charge in [-0.15, -0.1) is 0 Å². The Morgan fingerprint density at radius 2 is 1.22 bits per heavy atom. The molecule has 1 fully saturated rings. The molecule has 0 bridgehead atoms. The van der Waals surface area contributed by atoms with Gasteiger partial charge in [-0.05, 0) is 53.4 Å². The molecule has 0 saturated carbocycles. The summed E-state index contributed by atoms with van der Waals surface area (Å²) in [5.74, 6) is 0.194. The summed E-state index contributed by atoms with van der Waals surface area (Å²) < 4.78 is 5.92. The highest BCUT2D eigenvalue weighted by atomic mass is 16.5. The van der Waals surface area contributed by atoms with E-state index in [1.165, 1.54) is 0 Å². The molecule has 4 rings (SSSR count). The molecule has 218 valence electrons. The van der Waals surface area contributed by atoms with Crippen LogP contribution in [-0.2, 0) is 15.6 Å². The van der Waals surface area contributed by atoms with Crippen LogP contribution in [0.5, 0.6) is 5.75 Å². The van der Waals surface area contributed by atoms with Gasteiger partial charge in [-0.2, -0.15) is 0 Å². The lowest BCUT2D eigenvalue weighted by molar-refractivity contribution is -0.134. The first kappa shape index (κ1) is 30.4. The van der Waals surface area contributed by atoms with E-state index in [1.54, 1.807) is 7.11 Å². The van der Waals surface area contributed by atoms with Gasteiger partial charge in [-0.1, -0.05) is 102 Å². The Bertz CT molecular complexity index is 1260. The second kappa shape index (κ2) is 12.5. The Kier molecular flexibility index (Phi) is 9.26. The molecule has 1 N–H and O–H groups in total. The van der Waals surface area contributed by atoms with Crippen LogP contribution in [0.25, 0.3) is 0 Å². The number of benzene rings is 3. The van der Waals surface area contributed by atoms with Crippen molar-refractivity contribution in [3.05, 3.63) is 101 Å². The third kappa shape index (κ3) is 7.01. The molecular weight excluding hydrogens is 508 g/mol. The Hall–Kier alpha value is -3.60. The van der Waals surface area contributed by atoms with E-state index >= 15 is 0 Å². The van der Waals surface area contributed by atoms with Crippen LogP contribution in [0.15, 0.2) is 72.8 Å². The number of nitrogens with zero attached hydrogens (tertiary/aromatic N) is 1. The average Bonchev–Trinajstić information content (AvgIpc) is 2.96. The van der Waals surface area contributed by atoms with E-state index in [0.29, 0.717) is 18.7 Å². The quantitative estimate of drug-likeness (QED) is 0.335. The first-order valence-corrected chi connectivity index (χ1v) is 14.8. The lowest BCUT2D eigenvalue weighted by Crippen LogP contribution is -2.53. The van der Waals surface area contributed by atoms with Crippen molar-refractivity contribution in [3.63, 3.8) is 0 Å². The van der Waals surface area contributed by atoms with Crippen molar-refractivity contribution in [2.75, 3.05) is 20.2 Å². The van der Waals surface area contributed by atoms with Crippen molar-refractivity contribution < 1.29 is 14.3 Å².